The summed E-state index contributed by atoms with van der Waals surface area (Å²) in [7, 11) is 0. The van der Waals surface area contributed by atoms with Crippen molar-refractivity contribution in [2.75, 3.05) is 54.5 Å². The van der Waals surface area contributed by atoms with Crippen LogP contribution in [0.3, 0.4) is 0 Å². The number of nitrogens with zero attached hydrogens (tertiary/aromatic N) is 4. The maximum absolute atomic E-state index is 13.1. The van der Waals surface area contributed by atoms with E-state index in [0.717, 1.165) is 75.0 Å². The number of nitrogens with one attached hydrogen (secondary N) is 1. The lowest BCUT2D eigenvalue weighted by Crippen LogP contribution is -2.38. The van der Waals surface area contributed by atoms with E-state index in [0.29, 0.717) is 5.69 Å². The van der Waals surface area contributed by atoms with Crippen LogP contribution in [0.15, 0.2) is 60.7 Å². The van der Waals surface area contributed by atoms with E-state index >= 15 is 0 Å². The summed E-state index contributed by atoms with van der Waals surface area (Å²) in [6.07, 6.45) is 1.53. The van der Waals surface area contributed by atoms with Crippen molar-refractivity contribution in [2.24, 2.45) is 5.92 Å². The molecule has 8 heteroatoms. The average Bonchev–Trinajstić information content (AvgIpc) is 2.90. The van der Waals surface area contributed by atoms with Crippen molar-refractivity contribution >= 4 is 23.1 Å². The summed E-state index contributed by atoms with van der Waals surface area (Å²) in [5.74, 6) is 0.562. The molecule has 2 aliphatic heterocycles. The van der Waals surface area contributed by atoms with Gasteiger partial charge in [-0.25, -0.2) is 4.39 Å². The number of halogens is 1. The van der Waals surface area contributed by atoms with Crippen LogP contribution in [0.4, 0.5) is 21.6 Å². The number of carbonyl (C=O) groups excluding carboxylic acids is 1. The minimum absolute atomic E-state index is 0.0263. The molecule has 34 heavy (non-hydrogen) atoms. The normalized spacial score (nSPS) is 17.0. The van der Waals surface area contributed by atoms with Gasteiger partial charge in [-0.2, -0.15) is 0 Å². The molecule has 0 bridgehead atoms. The van der Waals surface area contributed by atoms with Gasteiger partial charge in [0.25, 0.3) is 0 Å². The van der Waals surface area contributed by atoms with Crippen LogP contribution in [-0.4, -0.2) is 55.5 Å². The van der Waals surface area contributed by atoms with Gasteiger partial charge in [0, 0.05) is 49.0 Å². The van der Waals surface area contributed by atoms with Crippen LogP contribution in [0.5, 0.6) is 0 Å². The minimum Gasteiger partial charge on any atom is -0.378 e. The second-order valence-electron chi connectivity index (χ2n) is 8.68. The molecule has 0 saturated carbocycles. The third-order valence-electron chi connectivity index (χ3n) is 6.49. The lowest BCUT2D eigenvalue weighted by Gasteiger charge is -2.32. The van der Waals surface area contributed by atoms with Gasteiger partial charge < -0.3 is 19.9 Å². The molecule has 3 aromatic rings. The van der Waals surface area contributed by atoms with Crippen LogP contribution < -0.4 is 15.1 Å². The second-order valence-corrected chi connectivity index (χ2v) is 8.68. The van der Waals surface area contributed by atoms with E-state index in [-0.39, 0.29) is 17.6 Å². The molecule has 1 N–H and O–H groups in total. The van der Waals surface area contributed by atoms with Gasteiger partial charge in [0.2, 0.25) is 5.91 Å². The van der Waals surface area contributed by atoms with E-state index < -0.39 is 0 Å². The van der Waals surface area contributed by atoms with Crippen molar-refractivity contribution in [2.45, 2.75) is 12.8 Å². The zero-order valence-corrected chi connectivity index (χ0v) is 19.0. The highest BCUT2D eigenvalue weighted by atomic mass is 19.1. The first-order valence-electron chi connectivity index (χ1n) is 11.7. The number of hydrogen-bond acceptors (Lipinski definition) is 6. The molecular weight excluding hydrogens is 433 g/mol. The summed E-state index contributed by atoms with van der Waals surface area (Å²) in [5, 5.41) is 11.7. The van der Waals surface area contributed by atoms with Crippen LogP contribution in [0, 0.1) is 11.7 Å². The summed E-state index contributed by atoms with van der Waals surface area (Å²) >= 11 is 0. The highest BCUT2D eigenvalue weighted by Gasteiger charge is 2.26. The van der Waals surface area contributed by atoms with Crippen LogP contribution in [0.2, 0.25) is 0 Å². The molecule has 2 fully saturated rings. The Morgan fingerprint density at radius 1 is 0.853 bits per heavy atom. The van der Waals surface area contributed by atoms with Gasteiger partial charge in [-0.3, -0.25) is 4.79 Å². The predicted molar refractivity (Wildman–Crippen MR) is 130 cm³/mol. The van der Waals surface area contributed by atoms with E-state index in [4.69, 9.17) is 4.74 Å². The molecule has 0 atom stereocenters. The van der Waals surface area contributed by atoms with E-state index in [1.54, 1.807) is 12.1 Å². The summed E-state index contributed by atoms with van der Waals surface area (Å²) in [6.45, 7) is 4.78. The molecule has 176 valence electrons. The molecule has 0 radical (unpaired) electrons. The van der Waals surface area contributed by atoms with Crippen molar-refractivity contribution in [3.05, 3.63) is 66.5 Å². The van der Waals surface area contributed by atoms with Crippen molar-refractivity contribution in [3.8, 4) is 11.3 Å². The fourth-order valence-corrected chi connectivity index (χ4v) is 4.46. The number of carbonyl (C=O) groups is 1. The first-order chi connectivity index (χ1) is 16.7. The maximum Gasteiger partial charge on any atom is 0.227 e. The maximum atomic E-state index is 13.1. The van der Waals surface area contributed by atoms with Crippen LogP contribution in [0.1, 0.15) is 12.8 Å². The fraction of sp³-hybridized carbons (Fsp3) is 0.346. The Morgan fingerprint density at radius 3 is 2.21 bits per heavy atom. The highest BCUT2D eigenvalue weighted by molar-refractivity contribution is 5.92. The largest absolute Gasteiger partial charge is 0.378 e. The number of amides is 1. The Balaban J connectivity index is 1.13. The minimum atomic E-state index is -0.273. The Morgan fingerprint density at radius 2 is 1.56 bits per heavy atom. The second kappa shape index (κ2) is 10.2. The zero-order chi connectivity index (χ0) is 23.3. The number of rotatable bonds is 5. The lowest BCUT2D eigenvalue weighted by atomic mass is 9.95. The highest BCUT2D eigenvalue weighted by Crippen LogP contribution is 2.25. The molecule has 0 spiro atoms. The van der Waals surface area contributed by atoms with Crippen LogP contribution in [0.25, 0.3) is 11.3 Å². The number of aromatic nitrogens is 2. The molecule has 1 aromatic heterocycles. The van der Waals surface area contributed by atoms with Gasteiger partial charge in [0.05, 0.1) is 18.9 Å². The quantitative estimate of drug-likeness (QED) is 0.620. The lowest BCUT2D eigenvalue weighted by molar-refractivity contribution is -0.120. The number of piperidine rings is 1. The first-order valence-corrected chi connectivity index (χ1v) is 11.7. The molecule has 0 aliphatic carbocycles. The molecular formula is C26H28FN5O2. The van der Waals surface area contributed by atoms with Crippen LogP contribution >= 0.6 is 0 Å². The van der Waals surface area contributed by atoms with Crippen LogP contribution in [-0.2, 0) is 9.53 Å². The Labute approximate surface area is 198 Å². The van der Waals surface area contributed by atoms with Gasteiger partial charge in [-0.1, -0.05) is 0 Å². The van der Waals surface area contributed by atoms with Crippen molar-refractivity contribution in [3.63, 3.8) is 0 Å². The fourth-order valence-electron chi connectivity index (χ4n) is 4.46. The molecule has 2 saturated heterocycles. The third kappa shape index (κ3) is 5.17. The van der Waals surface area contributed by atoms with E-state index in [1.807, 2.05) is 24.3 Å². The SMILES string of the molecule is O=C(Nc1ccc(N2CCOCC2)cc1)C1CCN(c2ccc(-c3ccc(F)cc3)nn2)CC1. The molecule has 2 aliphatic rings. The summed E-state index contributed by atoms with van der Waals surface area (Å²) in [5.41, 5.74) is 3.51. The van der Waals surface area contributed by atoms with Gasteiger partial charge in [0.1, 0.15) is 5.82 Å². The molecule has 1 amide bonds. The first kappa shape index (κ1) is 22.3. The molecule has 3 heterocycles. The predicted octanol–water partition coefficient (Wildman–Crippen LogP) is 3.97. The monoisotopic (exact) mass is 461 g/mol. The number of ether oxygens (including phenoxy) is 1. The summed E-state index contributed by atoms with van der Waals surface area (Å²) < 4.78 is 18.5. The van der Waals surface area contributed by atoms with E-state index in [1.165, 1.54) is 12.1 Å². The topological polar surface area (TPSA) is 70.6 Å². The zero-order valence-electron chi connectivity index (χ0n) is 19.0. The molecule has 7 nitrogen and oxygen atoms in total. The molecule has 0 unspecified atom stereocenters. The summed E-state index contributed by atoms with van der Waals surface area (Å²) in [4.78, 5) is 17.3. The smallest absolute Gasteiger partial charge is 0.227 e. The Bertz CT molecular complexity index is 1090. The van der Waals surface area contributed by atoms with E-state index in [9.17, 15) is 9.18 Å². The molecule has 5 rings (SSSR count). The number of anilines is 3. The van der Waals surface area contributed by atoms with Gasteiger partial charge >= 0.3 is 0 Å². The van der Waals surface area contributed by atoms with Crippen molar-refractivity contribution < 1.29 is 13.9 Å². The van der Waals surface area contributed by atoms with E-state index in [2.05, 4.69) is 37.4 Å². The number of hydrogen-bond donors (Lipinski definition) is 1. The van der Waals surface area contributed by atoms with Gasteiger partial charge in [-0.15, -0.1) is 10.2 Å². The third-order valence-corrected chi connectivity index (χ3v) is 6.49. The van der Waals surface area contributed by atoms with Gasteiger partial charge in [-0.05, 0) is 73.5 Å². The van der Waals surface area contributed by atoms with Gasteiger partial charge in [0.15, 0.2) is 5.82 Å². The summed E-state index contributed by atoms with van der Waals surface area (Å²) in [6, 6.07) is 18.1. The Hall–Kier alpha value is -3.52. The Kier molecular flexibility index (Phi) is 6.67. The number of morpholine rings is 1. The average molecular weight is 462 g/mol. The van der Waals surface area contributed by atoms with Crippen molar-refractivity contribution in [1.29, 1.82) is 0 Å². The standard InChI is InChI=1S/C26H28FN5O2/c27-21-3-1-19(2-4-21)24-9-10-25(30-29-24)32-13-11-20(12-14-32)26(33)28-22-5-7-23(8-6-22)31-15-17-34-18-16-31/h1-10,20H,11-18H2,(H,28,33). The van der Waals surface area contributed by atoms with Crippen molar-refractivity contribution in [1.82, 2.24) is 10.2 Å². The number of benzene rings is 2. The molecule has 2 aromatic carbocycles.